The lowest BCUT2D eigenvalue weighted by Crippen LogP contribution is -2.18. The summed E-state index contributed by atoms with van der Waals surface area (Å²) in [6, 6.07) is 8.54. The summed E-state index contributed by atoms with van der Waals surface area (Å²) in [6.07, 6.45) is 1.03. The van der Waals surface area contributed by atoms with Crippen molar-refractivity contribution in [3.8, 4) is 0 Å². The van der Waals surface area contributed by atoms with Gasteiger partial charge in [0.15, 0.2) is 4.34 Å². The quantitative estimate of drug-likeness (QED) is 0.904. The van der Waals surface area contributed by atoms with Crippen molar-refractivity contribution in [1.82, 2.24) is 10.2 Å². The average Bonchev–Trinajstić information content (AvgIpc) is 2.86. The third kappa shape index (κ3) is 2.10. The van der Waals surface area contributed by atoms with Gasteiger partial charge in [-0.15, -0.1) is 10.2 Å². The van der Waals surface area contributed by atoms with Crippen molar-refractivity contribution in [3.05, 3.63) is 40.4 Å². The highest BCUT2D eigenvalue weighted by Gasteiger charge is 2.30. The van der Waals surface area contributed by atoms with E-state index in [-0.39, 0.29) is 6.04 Å². The summed E-state index contributed by atoms with van der Waals surface area (Å²) in [4.78, 5) is 0. The summed E-state index contributed by atoms with van der Waals surface area (Å²) < 4.78 is 1.02. The molecule has 2 atom stereocenters. The molecule has 5 heteroatoms. The molecule has 3 rings (SSSR count). The lowest BCUT2D eigenvalue weighted by atomic mass is 10.1. The molecule has 2 unspecified atom stereocenters. The zero-order chi connectivity index (χ0) is 11.8. The van der Waals surface area contributed by atoms with Crippen molar-refractivity contribution >= 4 is 23.1 Å². The molecule has 0 saturated carbocycles. The fraction of sp³-hybridized carbons (Fsp3) is 0.333. The van der Waals surface area contributed by atoms with Crippen LogP contribution in [0.5, 0.6) is 0 Å². The van der Waals surface area contributed by atoms with E-state index in [1.165, 1.54) is 11.1 Å². The molecular formula is C12H13N3S2. The molecule has 2 N–H and O–H groups in total. The molecule has 0 bridgehead atoms. The predicted octanol–water partition coefficient (Wildman–Crippen LogP) is 2.56. The van der Waals surface area contributed by atoms with Crippen molar-refractivity contribution in [1.29, 1.82) is 0 Å². The van der Waals surface area contributed by atoms with E-state index in [0.717, 1.165) is 15.8 Å². The highest BCUT2D eigenvalue weighted by atomic mass is 32.2. The van der Waals surface area contributed by atoms with E-state index in [1.807, 2.05) is 6.92 Å². The van der Waals surface area contributed by atoms with E-state index in [0.29, 0.717) is 5.25 Å². The first-order chi connectivity index (χ1) is 8.24. The SMILES string of the molecule is Cc1nnc(SC2Cc3ccccc3C2N)s1. The molecule has 1 aliphatic carbocycles. The van der Waals surface area contributed by atoms with Crippen LogP contribution in [0.25, 0.3) is 0 Å². The number of fused-ring (bicyclic) bond motifs is 1. The topological polar surface area (TPSA) is 51.8 Å². The van der Waals surface area contributed by atoms with Gasteiger partial charge in [0.25, 0.3) is 0 Å². The summed E-state index contributed by atoms with van der Waals surface area (Å²) in [5.74, 6) is 0. The van der Waals surface area contributed by atoms with Crippen LogP contribution in [0.3, 0.4) is 0 Å². The van der Waals surface area contributed by atoms with Gasteiger partial charge in [0, 0.05) is 11.3 Å². The van der Waals surface area contributed by atoms with E-state index >= 15 is 0 Å². The van der Waals surface area contributed by atoms with Gasteiger partial charge >= 0.3 is 0 Å². The van der Waals surface area contributed by atoms with Crippen LogP contribution in [0, 0.1) is 6.92 Å². The zero-order valence-corrected chi connectivity index (χ0v) is 11.1. The Labute approximate surface area is 108 Å². The summed E-state index contributed by atoms with van der Waals surface area (Å²) in [5, 5.41) is 9.59. The average molecular weight is 263 g/mol. The molecular weight excluding hydrogens is 250 g/mol. The van der Waals surface area contributed by atoms with Gasteiger partial charge < -0.3 is 5.73 Å². The number of nitrogens with two attached hydrogens (primary N) is 1. The van der Waals surface area contributed by atoms with Crippen LogP contribution < -0.4 is 5.73 Å². The molecule has 0 aliphatic heterocycles. The van der Waals surface area contributed by atoms with Gasteiger partial charge in [-0.05, 0) is 24.5 Å². The third-order valence-corrected chi connectivity index (χ3v) is 5.21. The molecule has 3 nitrogen and oxygen atoms in total. The van der Waals surface area contributed by atoms with Gasteiger partial charge in [0.2, 0.25) is 0 Å². The van der Waals surface area contributed by atoms with Crippen LogP contribution in [0.15, 0.2) is 28.6 Å². The van der Waals surface area contributed by atoms with Crippen LogP contribution >= 0.6 is 23.1 Å². The van der Waals surface area contributed by atoms with Crippen molar-refractivity contribution in [2.75, 3.05) is 0 Å². The Kier molecular flexibility index (Phi) is 2.90. The first-order valence-electron chi connectivity index (χ1n) is 5.54. The third-order valence-electron chi connectivity index (χ3n) is 3.00. The molecule has 1 heterocycles. The highest BCUT2D eigenvalue weighted by Crippen LogP contribution is 2.40. The number of aromatic nitrogens is 2. The number of aryl methyl sites for hydroxylation is 1. The minimum absolute atomic E-state index is 0.111. The van der Waals surface area contributed by atoms with E-state index in [9.17, 15) is 0 Å². The molecule has 0 amide bonds. The molecule has 17 heavy (non-hydrogen) atoms. The molecule has 0 fully saturated rings. The normalized spacial score (nSPS) is 22.7. The smallest absolute Gasteiger partial charge is 0.174 e. The number of hydrogen-bond donors (Lipinski definition) is 1. The van der Waals surface area contributed by atoms with E-state index in [4.69, 9.17) is 5.73 Å². The van der Waals surface area contributed by atoms with Gasteiger partial charge in [0.05, 0.1) is 0 Å². The lowest BCUT2D eigenvalue weighted by molar-refractivity contribution is 0.730. The lowest BCUT2D eigenvalue weighted by Gasteiger charge is -2.13. The maximum absolute atomic E-state index is 6.28. The van der Waals surface area contributed by atoms with Crippen LogP contribution in [0.1, 0.15) is 22.2 Å². The largest absolute Gasteiger partial charge is 0.323 e. The van der Waals surface area contributed by atoms with Crippen molar-refractivity contribution < 1.29 is 0 Å². The number of nitrogens with zero attached hydrogens (tertiary/aromatic N) is 2. The first kappa shape index (κ1) is 11.2. The Bertz CT molecular complexity index is 538. The fourth-order valence-electron chi connectivity index (χ4n) is 2.16. The van der Waals surface area contributed by atoms with Crippen LogP contribution in [-0.4, -0.2) is 15.4 Å². The Morgan fingerprint density at radius 3 is 2.88 bits per heavy atom. The summed E-state index contributed by atoms with van der Waals surface area (Å²) in [6.45, 7) is 1.98. The minimum atomic E-state index is 0.111. The number of rotatable bonds is 2. The summed E-state index contributed by atoms with van der Waals surface area (Å²) in [5.41, 5.74) is 8.94. The molecule has 0 spiro atoms. The molecule has 0 radical (unpaired) electrons. The molecule has 1 aromatic carbocycles. The summed E-state index contributed by atoms with van der Waals surface area (Å²) >= 11 is 3.40. The second-order valence-corrected chi connectivity index (χ2v) is 6.84. The van der Waals surface area contributed by atoms with Crippen LogP contribution in [0.4, 0.5) is 0 Å². The number of hydrogen-bond acceptors (Lipinski definition) is 5. The Morgan fingerprint density at radius 1 is 1.35 bits per heavy atom. The van der Waals surface area contributed by atoms with Gasteiger partial charge in [-0.1, -0.05) is 47.4 Å². The molecule has 1 aliphatic rings. The number of benzene rings is 1. The van der Waals surface area contributed by atoms with Gasteiger partial charge in [-0.2, -0.15) is 0 Å². The predicted molar refractivity (Wildman–Crippen MR) is 71.4 cm³/mol. The van der Waals surface area contributed by atoms with Gasteiger partial charge in [0.1, 0.15) is 5.01 Å². The van der Waals surface area contributed by atoms with E-state index in [1.54, 1.807) is 23.1 Å². The van der Waals surface area contributed by atoms with Crippen molar-refractivity contribution in [2.45, 2.75) is 29.0 Å². The number of thioether (sulfide) groups is 1. The Morgan fingerprint density at radius 2 is 2.18 bits per heavy atom. The molecule has 2 aromatic rings. The Balaban J connectivity index is 1.80. The first-order valence-corrected chi connectivity index (χ1v) is 7.24. The zero-order valence-electron chi connectivity index (χ0n) is 9.46. The monoisotopic (exact) mass is 263 g/mol. The highest BCUT2D eigenvalue weighted by molar-refractivity contribution is 8.01. The standard InChI is InChI=1S/C12H13N3S2/c1-7-14-15-12(16-7)17-10-6-8-4-2-3-5-9(8)11(10)13/h2-5,10-11H,6,13H2,1H3. The second-order valence-electron chi connectivity index (χ2n) is 4.17. The minimum Gasteiger partial charge on any atom is -0.323 e. The maximum Gasteiger partial charge on any atom is 0.174 e. The molecule has 1 aromatic heterocycles. The van der Waals surface area contributed by atoms with Crippen LogP contribution in [0.2, 0.25) is 0 Å². The fourth-order valence-corrected chi connectivity index (χ4v) is 4.40. The second kappa shape index (κ2) is 4.40. The van der Waals surface area contributed by atoms with Gasteiger partial charge in [-0.25, -0.2) is 0 Å². The molecule has 0 saturated heterocycles. The maximum atomic E-state index is 6.28. The van der Waals surface area contributed by atoms with Crippen LogP contribution in [-0.2, 0) is 6.42 Å². The van der Waals surface area contributed by atoms with Gasteiger partial charge in [-0.3, -0.25) is 0 Å². The van der Waals surface area contributed by atoms with Crippen molar-refractivity contribution in [2.24, 2.45) is 5.73 Å². The van der Waals surface area contributed by atoms with E-state index in [2.05, 4.69) is 34.5 Å². The Hall–Kier alpha value is -0.910. The molecule has 88 valence electrons. The van der Waals surface area contributed by atoms with Crippen molar-refractivity contribution in [3.63, 3.8) is 0 Å². The summed E-state index contributed by atoms with van der Waals surface area (Å²) in [7, 11) is 0. The van der Waals surface area contributed by atoms with E-state index < -0.39 is 0 Å².